The molecule has 1 aromatic carbocycles. The highest BCUT2D eigenvalue weighted by molar-refractivity contribution is 7.19. The van der Waals surface area contributed by atoms with E-state index in [0.29, 0.717) is 15.4 Å². The minimum absolute atomic E-state index is 0.159. The lowest BCUT2D eigenvalue weighted by Crippen LogP contribution is -2.42. The quantitative estimate of drug-likeness (QED) is 0.426. The maximum Gasteiger partial charge on any atom is 0.303 e. The fourth-order valence-corrected chi connectivity index (χ4v) is 4.88. The van der Waals surface area contributed by atoms with Gasteiger partial charge < -0.3 is 18.9 Å². The molecule has 0 N–H and O–H groups in total. The Labute approximate surface area is 186 Å². The fourth-order valence-electron chi connectivity index (χ4n) is 3.96. The van der Waals surface area contributed by atoms with Crippen LogP contribution in [0.2, 0.25) is 0 Å². The molecule has 166 valence electrons. The topological polar surface area (TPSA) is 105 Å². The van der Waals surface area contributed by atoms with E-state index in [9.17, 15) is 14.4 Å². The minimum atomic E-state index is -1.13. The van der Waals surface area contributed by atoms with Gasteiger partial charge >= 0.3 is 5.97 Å². The predicted octanol–water partition coefficient (Wildman–Crippen LogP) is 2.62. The van der Waals surface area contributed by atoms with Crippen LogP contribution in [0.15, 0.2) is 42.7 Å². The smallest absolute Gasteiger partial charge is 0.303 e. The fraction of sp³-hybridized carbons (Fsp3) is 0.364. The standard InChI is InChI=1S/C22H20N2O7S/c1-11(25)28-18-17(29-20-19(18)30-22(2,3)31-20)16(27)13-9-23-21-24(13)10-14(32-21)15(26)12-7-5-4-6-8-12/h4-10,17-20H,1-3H3/t17-,18+,19-,20-/m1/s1. The summed E-state index contributed by atoms with van der Waals surface area (Å²) in [6.45, 7) is 4.69. The maximum absolute atomic E-state index is 13.4. The number of hydrogen-bond donors (Lipinski definition) is 0. The van der Waals surface area contributed by atoms with Gasteiger partial charge in [0.15, 0.2) is 35.3 Å². The SMILES string of the molecule is CC(=O)O[C@@H]1[C@H]2OC(C)(C)O[C@H]2O[C@@H]1C(=O)c1cnc2sc(C(=O)c3ccccc3)cn12. The van der Waals surface area contributed by atoms with Crippen molar-refractivity contribution in [1.82, 2.24) is 9.38 Å². The van der Waals surface area contributed by atoms with Crippen molar-refractivity contribution in [3.8, 4) is 0 Å². The molecule has 0 spiro atoms. The average Bonchev–Trinajstić information content (AvgIpc) is 3.47. The Morgan fingerprint density at radius 2 is 1.91 bits per heavy atom. The van der Waals surface area contributed by atoms with Crippen molar-refractivity contribution in [1.29, 1.82) is 0 Å². The van der Waals surface area contributed by atoms with Gasteiger partial charge in [-0.3, -0.25) is 18.8 Å². The molecule has 9 nitrogen and oxygen atoms in total. The normalized spacial score (nSPS) is 26.2. The number of hydrogen-bond acceptors (Lipinski definition) is 9. The maximum atomic E-state index is 13.4. The number of carbonyl (C=O) groups excluding carboxylic acids is 3. The summed E-state index contributed by atoms with van der Waals surface area (Å²) in [5.74, 6) is -2.09. The number of imidazole rings is 1. The van der Waals surface area contributed by atoms with Gasteiger partial charge in [-0.25, -0.2) is 4.98 Å². The Bertz CT molecular complexity index is 1220. The average molecular weight is 456 g/mol. The first-order valence-electron chi connectivity index (χ1n) is 10.0. The lowest BCUT2D eigenvalue weighted by Gasteiger charge is -2.24. The summed E-state index contributed by atoms with van der Waals surface area (Å²) in [7, 11) is 0. The van der Waals surface area contributed by atoms with Crippen LogP contribution >= 0.6 is 11.3 Å². The number of rotatable bonds is 5. The monoisotopic (exact) mass is 456 g/mol. The number of nitrogens with zero attached hydrogens (tertiary/aromatic N) is 2. The third-order valence-corrected chi connectivity index (χ3v) is 6.27. The molecule has 0 aliphatic carbocycles. The summed E-state index contributed by atoms with van der Waals surface area (Å²) in [5.41, 5.74) is 0.758. The van der Waals surface area contributed by atoms with E-state index in [4.69, 9.17) is 18.9 Å². The van der Waals surface area contributed by atoms with Crippen molar-refractivity contribution in [2.45, 2.75) is 51.2 Å². The second-order valence-electron chi connectivity index (χ2n) is 8.05. The highest BCUT2D eigenvalue weighted by atomic mass is 32.1. The van der Waals surface area contributed by atoms with Crippen molar-refractivity contribution in [3.63, 3.8) is 0 Å². The molecule has 0 saturated carbocycles. The van der Waals surface area contributed by atoms with Crippen molar-refractivity contribution in [2.75, 3.05) is 0 Å². The van der Waals surface area contributed by atoms with E-state index in [0.717, 1.165) is 0 Å². The van der Waals surface area contributed by atoms with Crippen LogP contribution in [-0.4, -0.2) is 57.3 Å². The molecule has 2 fully saturated rings. The number of thiazole rings is 1. The Balaban J connectivity index is 1.45. The van der Waals surface area contributed by atoms with Gasteiger partial charge in [0.05, 0.1) is 11.1 Å². The Morgan fingerprint density at radius 1 is 1.16 bits per heavy atom. The Kier molecular flexibility index (Phi) is 4.97. The van der Waals surface area contributed by atoms with Crippen LogP contribution in [0, 0.1) is 0 Å². The molecule has 0 bridgehead atoms. The number of ketones is 2. The first-order chi connectivity index (χ1) is 15.2. The zero-order valence-corrected chi connectivity index (χ0v) is 18.3. The highest BCUT2D eigenvalue weighted by Gasteiger charge is 2.58. The number of fused-ring (bicyclic) bond motifs is 2. The lowest BCUT2D eigenvalue weighted by molar-refractivity contribution is -0.212. The summed E-state index contributed by atoms with van der Waals surface area (Å²) in [6.07, 6.45) is -0.672. The first-order valence-corrected chi connectivity index (χ1v) is 10.8. The summed E-state index contributed by atoms with van der Waals surface area (Å²) in [4.78, 5) is 43.1. The number of esters is 1. The first kappa shape index (κ1) is 21.0. The van der Waals surface area contributed by atoms with Crippen LogP contribution < -0.4 is 0 Å². The molecule has 32 heavy (non-hydrogen) atoms. The zero-order valence-electron chi connectivity index (χ0n) is 17.5. The molecule has 5 rings (SSSR count). The number of aromatic nitrogens is 2. The second kappa shape index (κ2) is 7.59. The van der Waals surface area contributed by atoms with Crippen LogP contribution in [0.4, 0.5) is 0 Å². The van der Waals surface area contributed by atoms with E-state index in [2.05, 4.69) is 4.98 Å². The van der Waals surface area contributed by atoms with E-state index in [1.165, 1.54) is 24.5 Å². The van der Waals surface area contributed by atoms with Gasteiger partial charge in [0.1, 0.15) is 5.69 Å². The molecule has 2 saturated heterocycles. The Hall–Kier alpha value is -2.92. The number of carbonyl (C=O) groups is 3. The van der Waals surface area contributed by atoms with Crippen molar-refractivity contribution in [3.05, 3.63) is 58.9 Å². The van der Waals surface area contributed by atoms with E-state index >= 15 is 0 Å². The van der Waals surface area contributed by atoms with E-state index in [1.807, 2.05) is 6.07 Å². The molecule has 2 aliphatic heterocycles. The van der Waals surface area contributed by atoms with Crippen molar-refractivity contribution in [2.24, 2.45) is 0 Å². The molecule has 10 heteroatoms. The van der Waals surface area contributed by atoms with Gasteiger partial charge in [-0.15, -0.1) is 0 Å². The molecular weight excluding hydrogens is 436 g/mol. The highest BCUT2D eigenvalue weighted by Crippen LogP contribution is 2.40. The molecule has 3 aromatic rings. The lowest BCUT2D eigenvalue weighted by atomic mass is 10.0. The van der Waals surface area contributed by atoms with Gasteiger partial charge in [-0.2, -0.15) is 0 Å². The van der Waals surface area contributed by atoms with Gasteiger partial charge in [0.2, 0.25) is 11.6 Å². The largest absolute Gasteiger partial charge is 0.456 e. The van der Waals surface area contributed by atoms with E-state index < -0.39 is 42.1 Å². The van der Waals surface area contributed by atoms with Crippen molar-refractivity contribution < 1.29 is 33.3 Å². The summed E-state index contributed by atoms with van der Waals surface area (Å²) in [5, 5.41) is 0. The van der Waals surface area contributed by atoms with Crippen LogP contribution in [0.25, 0.3) is 4.96 Å². The van der Waals surface area contributed by atoms with E-state index in [1.54, 1.807) is 48.7 Å². The van der Waals surface area contributed by atoms with Crippen molar-refractivity contribution >= 4 is 33.8 Å². The number of benzene rings is 1. The summed E-state index contributed by atoms with van der Waals surface area (Å²) >= 11 is 1.18. The Morgan fingerprint density at radius 3 is 2.62 bits per heavy atom. The summed E-state index contributed by atoms with van der Waals surface area (Å²) < 4.78 is 24.3. The number of Topliss-reactive ketones (excluding diaryl/α,β-unsaturated/α-hetero) is 1. The molecule has 4 heterocycles. The molecule has 0 unspecified atom stereocenters. The molecular formula is C22H20N2O7S. The molecule has 4 atom stereocenters. The van der Waals surface area contributed by atoms with Crippen LogP contribution in [-0.2, 0) is 23.7 Å². The predicted molar refractivity (Wildman–Crippen MR) is 112 cm³/mol. The number of ether oxygens (including phenoxy) is 4. The van der Waals surface area contributed by atoms with Gasteiger partial charge in [-0.1, -0.05) is 41.7 Å². The molecule has 2 aromatic heterocycles. The minimum Gasteiger partial charge on any atom is -0.456 e. The third-order valence-electron chi connectivity index (χ3n) is 5.27. The summed E-state index contributed by atoms with van der Waals surface area (Å²) in [6, 6.07) is 8.87. The van der Waals surface area contributed by atoms with Gasteiger partial charge in [0.25, 0.3) is 0 Å². The second-order valence-corrected chi connectivity index (χ2v) is 9.06. The van der Waals surface area contributed by atoms with Gasteiger partial charge in [-0.05, 0) is 13.8 Å². The molecule has 2 aliphatic rings. The van der Waals surface area contributed by atoms with Crippen LogP contribution in [0.3, 0.4) is 0 Å². The third kappa shape index (κ3) is 3.55. The molecule has 0 amide bonds. The van der Waals surface area contributed by atoms with Crippen LogP contribution in [0.1, 0.15) is 46.5 Å². The zero-order chi connectivity index (χ0) is 22.6. The van der Waals surface area contributed by atoms with E-state index in [-0.39, 0.29) is 11.5 Å². The van der Waals surface area contributed by atoms with Gasteiger partial charge in [0, 0.05) is 18.7 Å². The molecule has 0 radical (unpaired) electrons. The van der Waals surface area contributed by atoms with Crippen LogP contribution in [0.5, 0.6) is 0 Å².